The highest BCUT2D eigenvalue weighted by atomic mass is 15.0. The Hall–Kier alpha value is -1.84. The molecular weight excluding hydrogens is 248 g/mol. The monoisotopic (exact) mass is 270 g/mol. The molecule has 0 spiro atoms. The number of anilines is 2. The first-order valence-electron chi connectivity index (χ1n) is 7.38. The summed E-state index contributed by atoms with van der Waals surface area (Å²) < 4.78 is 0. The van der Waals surface area contributed by atoms with E-state index in [9.17, 15) is 0 Å². The first-order valence-corrected chi connectivity index (χ1v) is 7.38. The van der Waals surface area contributed by atoms with E-state index in [1.807, 2.05) is 18.2 Å². The van der Waals surface area contributed by atoms with Gasteiger partial charge in [-0.05, 0) is 49.3 Å². The summed E-state index contributed by atoms with van der Waals surface area (Å²) in [7, 11) is 0. The van der Waals surface area contributed by atoms with Gasteiger partial charge in [0.15, 0.2) is 0 Å². The Morgan fingerprint density at radius 2 is 1.85 bits per heavy atom. The Balaban J connectivity index is 1.88. The second kappa shape index (κ2) is 5.27. The van der Waals surface area contributed by atoms with Crippen LogP contribution >= 0.6 is 0 Å². The van der Waals surface area contributed by atoms with Gasteiger partial charge in [-0.1, -0.05) is 13.8 Å². The van der Waals surface area contributed by atoms with E-state index >= 15 is 0 Å². The fraction of sp³-hybridized carbons (Fsp3) is 0.500. The second-order valence-electron chi connectivity index (χ2n) is 6.26. The molecular formula is C16H22N4. The Labute approximate surface area is 119 Å². The molecule has 0 bridgehead atoms. The molecule has 4 nitrogen and oxygen atoms in total. The van der Waals surface area contributed by atoms with Gasteiger partial charge in [-0.3, -0.25) is 0 Å². The third kappa shape index (κ3) is 2.69. The first kappa shape index (κ1) is 13.2. The van der Waals surface area contributed by atoms with Crippen LogP contribution in [0.25, 0.3) is 10.9 Å². The number of nitrogen functional groups attached to an aromatic ring is 1. The normalized spacial score (nSPS) is 26.6. The van der Waals surface area contributed by atoms with Gasteiger partial charge < -0.3 is 11.1 Å². The van der Waals surface area contributed by atoms with Gasteiger partial charge in [0, 0.05) is 17.1 Å². The zero-order valence-electron chi connectivity index (χ0n) is 12.1. The lowest BCUT2D eigenvalue weighted by atomic mass is 9.80. The van der Waals surface area contributed by atoms with E-state index in [-0.39, 0.29) is 0 Å². The maximum Gasteiger partial charge on any atom is 0.137 e. The van der Waals surface area contributed by atoms with Crippen molar-refractivity contribution in [2.75, 3.05) is 11.1 Å². The van der Waals surface area contributed by atoms with E-state index in [0.29, 0.717) is 6.04 Å². The van der Waals surface area contributed by atoms with Crippen LogP contribution in [0.3, 0.4) is 0 Å². The van der Waals surface area contributed by atoms with Gasteiger partial charge in [0.1, 0.15) is 12.1 Å². The Kier molecular flexibility index (Phi) is 3.47. The summed E-state index contributed by atoms with van der Waals surface area (Å²) in [6, 6.07) is 6.27. The van der Waals surface area contributed by atoms with Gasteiger partial charge in [-0.25, -0.2) is 9.97 Å². The highest BCUT2D eigenvalue weighted by Gasteiger charge is 2.24. The van der Waals surface area contributed by atoms with Crippen LogP contribution in [0.15, 0.2) is 24.5 Å². The molecule has 0 radical (unpaired) electrons. The van der Waals surface area contributed by atoms with Crippen molar-refractivity contribution in [1.29, 1.82) is 0 Å². The first-order chi connectivity index (χ1) is 9.61. The van der Waals surface area contributed by atoms with E-state index < -0.39 is 0 Å². The average molecular weight is 270 g/mol. The summed E-state index contributed by atoms with van der Waals surface area (Å²) in [5, 5.41) is 4.62. The quantitative estimate of drug-likeness (QED) is 0.820. The molecule has 1 heterocycles. The van der Waals surface area contributed by atoms with Crippen molar-refractivity contribution in [1.82, 2.24) is 9.97 Å². The maximum atomic E-state index is 5.89. The van der Waals surface area contributed by atoms with Crippen LogP contribution in [0, 0.1) is 11.8 Å². The molecule has 1 aliphatic rings. The van der Waals surface area contributed by atoms with Gasteiger partial charge in [0.2, 0.25) is 0 Å². The summed E-state index contributed by atoms with van der Waals surface area (Å²) in [4.78, 5) is 8.71. The molecule has 2 aromatic rings. The van der Waals surface area contributed by atoms with Crippen molar-refractivity contribution in [3.8, 4) is 0 Å². The van der Waals surface area contributed by atoms with Crippen molar-refractivity contribution in [2.24, 2.45) is 11.8 Å². The largest absolute Gasteiger partial charge is 0.399 e. The lowest BCUT2D eigenvalue weighted by Crippen LogP contribution is -2.30. The number of hydrogen-bond donors (Lipinski definition) is 2. The summed E-state index contributed by atoms with van der Waals surface area (Å²) >= 11 is 0. The average Bonchev–Trinajstić information content (AvgIpc) is 2.38. The molecule has 2 atom stereocenters. The van der Waals surface area contributed by atoms with Gasteiger partial charge in [0.05, 0.1) is 5.52 Å². The van der Waals surface area contributed by atoms with E-state index in [0.717, 1.165) is 34.2 Å². The molecule has 0 saturated heterocycles. The lowest BCUT2D eigenvalue weighted by molar-refractivity contribution is 0.280. The summed E-state index contributed by atoms with van der Waals surface area (Å²) in [6.45, 7) is 4.67. The van der Waals surface area contributed by atoms with Crippen molar-refractivity contribution in [3.05, 3.63) is 24.5 Å². The molecule has 1 fully saturated rings. The van der Waals surface area contributed by atoms with Gasteiger partial charge >= 0.3 is 0 Å². The number of nitrogens with zero attached hydrogens (tertiary/aromatic N) is 2. The number of nitrogens with two attached hydrogens (primary N) is 1. The number of hydrogen-bond acceptors (Lipinski definition) is 4. The molecule has 2 unspecified atom stereocenters. The van der Waals surface area contributed by atoms with Crippen LogP contribution in [-0.2, 0) is 0 Å². The van der Waals surface area contributed by atoms with Gasteiger partial charge in [-0.2, -0.15) is 0 Å². The molecule has 3 N–H and O–H groups in total. The molecule has 0 amide bonds. The summed E-state index contributed by atoms with van der Waals surface area (Å²) in [6.07, 6.45) is 5.36. The van der Waals surface area contributed by atoms with E-state index in [1.165, 1.54) is 19.3 Å². The molecule has 3 rings (SSSR count). The topological polar surface area (TPSA) is 63.8 Å². The molecule has 0 aliphatic heterocycles. The van der Waals surface area contributed by atoms with Crippen molar-refractivity contribution < 1.29 is 0 Å². The number of rotatable bonds is 2. The van der Waals surface area contributed by atoms with E-state index in [2.05, 4.69) is 29.1 Å². The highest BCUT2D eigenvalue weighted by molar-refractivity contribution is 5.91. The van der Waals surface area contributed by atoms with Crippen LogP contribution in [0.2, 0.25) is 0 Å². The summed E-state index contributed by atoms with van der Waals surface area (Å²) in [5.74, 6) is 2.46. The Morgan fingerprint density at radius 1 is 1.10 bits per heavy atom. The molecule has 106 valence electrons. The van der Waals surface area contributed by atoms with Crippen LogP contribution in [0.5, 0.6) is 0 Å². The third-order valence-electron chi connectivity index (χ3n) is 4.18. The van der Waals surface area contributed by atoms with Crippen molar-refractivity contribution in [2.45, 2.75) is 39.2 Å². The number of aromatic nitrogens is 2. The maximum absolute atomic E-state index is 5.89. The van der Waals surface area contributed by atoms with Crippen molar-refractivity contribution in [3.63, 3.8) is 0 Å². The minimum absolute atomic E-state index is 0.494. The fourth-order valence-corrected chi connectivity index (χ4v) is 3.45. The minimum atomic E-state index is 0.494. The van der Waals surface area contributed by atoms with Gasteiger partial charge in [0.25, 0.3) is 0 Å². The van der Waals surface area contributed by atoms with Crippen LogP contribution in [-0.4, -0.2) is 16.0 Å². The molecule has 1 aliphatic carbocycles. The van der Waals surface area contributed by atoms with E-state index in [4.69, 9.17) is 5.73 Å². The predicted octanol–water partition coefficient (Wildman–Crippen LogP) is 3.45. The van der Waals surface area contributed by atoms with Crippen LogP contribution in [0.4, 0.5) is 11.5 Å². The smallest absolute Gasteiger partial charge is 0.137 e. The Bertz CT molecular complexity index is 600. The number of fused-ring (bicyclic) bond motifs is 1. The van der Waals surface area contributed by atoms with Crippen molar-refractivity contribution >= 4 is 22.4 Å². The third-order valence-corrected chi connectivity index (χ3v) is 4.18. The number of benzene rings is 1. The molecule has 1 saturated carbocycles. The molecule has 4 heteroatoms. The van der Waals surface area contributed by atoms with E-state index in [1.54, 1.807) is 6.33 Å². The second-order valence-corrected chi connectivity index (χ2v) is 6.26. The van der Waals surface area contributed by atoms with Crippen LogP contribution < -0.4 is 11.1 Å². The Morgan fingerprint density at radius 3 is 2.60 bits per heavy atom. The van der Waals surface area contributed by atoms with Crippen LogP contribution in [0.1, 0.15) is 33.1 Å². The standard InChI is InChI=1S/C16H22N4/c1-10-5-11(2)7-13(6-10)20-16-14-8-12(17)3-4-15(14)18-9-19-16/h3-4,8-11,13H,5-7,17H2,1-2H3,(H,18,19,20). The highest BCUT2D eigenvalue weighted by Crippen LogP contribution is 2.31. The number of nitrogens with one attached hydrogen (secondary N) is 1. The zero-order valence-corrected chi connectivity index (χ0v) is 12.1. The van der Waals surface area contributed by atoms with Gasteiger partial charge in [-0.15, -0.1) is 0 Å². The fourth-order valence-electron chi connectivity index (χ4n) is 3.45. The zero-order chi connectivity index (χ0) is 14.1. The molecule has 1 aromatic carbocycles. The molecule has 1 aromatic heterocycles. The minimum Gasteiger partial charge on any atom is -0.399 e. The SMILES string of the molecule is CC1CC(C)CC(Nc2ncnc3ccc(N)cc23)C1. The molecule has 20 heavy (non-hydrogen) atoms. The predicted molar refractivity (Wildman–Crippen MR) is 83.5 cm³/mol. The lowest BCUT2D eigenvalue weighted by Gasteiger charge is -2.32. The summed E-state index contributed by atoms with van der Waals surface area (Å²) in [5.41, 5.74) is 7.58.